The smallest absolute Gasteiger partial charge is 0.330 e. The number of piperidine rings is 1. The van der Waals surface area contributed by atoms with Crippen LogP contribution in [0.25, 0.3) is 11.4 Å². The Morgan fingerprint density at radius 1 is 1.08 bits per heavy atom. The fourth-order valence-corrected chi connectivity index (χ4v) is 4.09. The predicted molar refractivity (Wildman–Crippen MR) is 143 cm³/mol. The summed E-state index contributed by atoms with van der Waals surface area (Å²) in [6.07, 6.45) is 4.85. The minimum absolute atomic E-state index is 0.126. The van der Waals surface area contributed by atoms with Crippen LogP contribution >= 0.6 is 11.6 Å². The van der Waals surface area contributed by atoms with Crippen molar-refractivity contribution in [3.63, 3.8) is 0 Å². The number of anilines is 1. The highest BCUT2D eigenvalue weighted by atomic mass is 35.5. The summed E-state index contributed by atoms with van der Waals surface area (Å²) in [6.45, 7) is 1.58. The lowest BCUT2D eigenvalue weighted by Crippen LogP contribution is -2.31. The average molecular weight is 549 g/mol. The molecule has 1 aliphatic heterocycles. The molecule has 1 fully saturated rings. The lowest BCUT2D eigenvalue weighted by Gasteiger charge is -2.26. The fourth-order valence-electron chi connectivity index (χ4n) is 3.87. The van der Waals surface area contributed by atoms with Gasteiger partial charge in [-0.25, -0.2) is 5.43 Å². The molecule has 1 N–H and O–H groups in total. The third-order valence-electron chi connectivity index (χ3n) is 5.73. The van der Waals surface area contributed by atoms with E-state index in [4.69, 9.17) is 21.1 Å². The van der Waals surface area contributed by atoms with E-state index in [1.807, 2.05) is 12.1 Å². The van der Waals surface area contributed by atoms with Crippen molar-refractivity contribution in [1.29, 1.82) is 0 Å². The topological polar surface area (TPSA) is 145 Å². The first-order chi connectivity index (χ1) is 19.1. The predicted octanol–water partition coefficient (Wildman–Crippen LogP) is 3.12. The summed E-state index contributed by atoms with van der Waals surface area (Å²) >= 11 is 6.17. The van der Waals surface area contributed by atoms with Gasteiger partial charge in [-0.1, -0.05) is 35.9 Å². The van der Waals surface area contributed by atoms with Gasteiger partial charge >= 0.3 is 12.0 Å². The standard InChI is InChI=1S/C25H25ClN10O3/c1-38-24-28-23(35-12-5-2-6-13-35)29-25(30-24)39-18-9-7-8-17(14-18)15-27-31-21(37)16-36-33-22(32-34-36)19-10-3-4-11-20(19)26/h3-4,7-11,14-15H,2,5-6,12-13,16H2,1H3,(H,31,37). The number of ether oxygens (including phenoxy) is 2. The summed E-state index contributed by atoms with van der Waals surface area (Å²) in [5, 5.41) is 16.6. The maximum absolute atomic E-state index is 12.3. The van der Waals surface area contributed by atoms with E-state index in [0.717, 1.165) is 25.9 Å². The van der Waals surface area contributed by atoms with Crippen molar-refractivity contribution >= 4 is 29.7 Å². The van der Waals surface area contributed by atoms with Crippen LogP contribution in [-0.4, -0.2) is 67.5 Å². The molecule has 1 saturated heterocycles. The van der Waals surface area contributed by atoms with Crippen molar-refractivity contribution in [3.8, 4) is 29.2 Å². The van der Waals surface area contributed by atoms with Gasteiger partial charge in [0.15, 0.2) is 0 Å². The number of halogens is 1. The molecule has 39 heavy (non-hydrogen) atoms. The number of aromatic nitrogens is 7. The number of carbonyl (C=O) groups is 1. The van der Waals surface area contributed by atoms with Gasteiger partial charge in [0.25, 0.3) is 5.91 Å². The second kappa shape index (κ2) is 12.3. The van der Waals surface area contributed by atoms with Crippen LogP contribution in [0.2, 0.25) is 5.02 Å². The SMILES string of the molecule is COc1nc(Oc2cccc(C=NNC(=O)Cn3nnc(-c4ccccc4Cl)n3)c2)nc(N2CCCCC2)n1. The second-order valence-corrected chi connectivity index (χ2v) is 8.95. The number of benzene rings is 2. The van der Waals surface area contributed by atoms with Crippen molar-refractivity contribution in [2.24, 2.45) is 5.10 Å². The Kier molecular flexibility index (Phi) is 8.17. The highest BCUT2D eigenvalue weighted by Crippen LogP contribution is 2.25. The first kappa shape index (κ1) is 26.0. The van der Waals surface area contributed by atoms with Crippen LogP contribution in [0, 0.1) is 0 Å². The quantitative estimate of drug-likeness (QED) is 0.244. The van der Waals surface area contributed by atoms with Gasteiger partial charge in [-0.2, -0.15) is 19.9 Å². The minimum Gasteiger partial charge on any atom is -0.467 e. The van der Waals surface area contributed by atoms with Crippen molar-refractivity contribution in [1.82, 2.24) is 40.6 Å². The molecule has 0 unspecified atom stereocenters. The van der Waals surface area contributed by atoms with Crippen LogP contribution < -0.4 is 19.8 Å². The van der Waals surface area contributed by atoms with Gasteiger partial charge in [-0.15, -0.1) is 15.2 Å². The van der Waals surface area contributed by atoms with E-state index in [0.29, 0.717) is 33.7 Å². The third kappa shape index (κ3) is 6.82. The summed E-state index contributed by atoms with van der Waals surface area (Å²) < 4.78 is 11.1. The van der Waals surface area contributed by atoms with Crippen LogP contribution in [0.15, 0.2) is 53.6 Å². The summed E-state index contributed by atoms with van der Waals surface area (Å²) in [5.74, 6) is 0.914. The first-order valence-electron chi connectivity index (χ1n) is 12.2. The Hall–Kier alpha value is -4.65. The summed E-state index contributed by atoms with van der Waals surface area (Å²) in [4.78, 5) is 28.6. The maximum atomic E-state index is 12.3. The number of hydrogen-bond donors (Lipinski definition) is 1. The number of amides is 1. The van der Waals surface area contributed by atoms with Crippen LogP contribution in [0.1, 0.15) is 24.8 Å². The molecular weight excluding hydrogens is 524 g/mol. The molecule has 2 aromatic carbocycles. The van der Waals surface area contributed by atoms with E-state index in [2.05, 4.69) is 45.8 Å². The molecular formula is C25H25ClN10O3. The lowest BCUT2D eigenvalue weighted by molar-refractivity contribution is -0.122. The Labute approximate surface area is 228 Å². The minimum atomic E-state index is -0.427. The molecule has 13 nitrogen and oxygen atoms in total. The van der Waals surface area contributed by atoms with Crippen LogP contribution in [0.5, 0.6) is 17.8 Å². The number of nitrogens with zero attached hydrogens (tertiary/aromatic N) is 9. The Balaban J connectivity index is 1.19. The largest absolute Gasteiger partial charge is 0.467 e. The monoisotopic (exact) mass is 548 g/mol. The number of methoxy groups -OCH3 is 1. The van der Waals surface area contributed by atoms with Crippen molar-refractivity contribution in [2.75, 3.05) is 25.1 Å². The Morgan fingerprint density at radius 3 is 2.72 bits per heavy atom. The normalized spacial score (nSPS) is 13.4. The van der Waals surface area contributed by atoms with Gasteiger partial charge in [0.1, 0.15) is 12.3 Å². The van der Waals surface area contributed by atoms with Crippen molar-refractivity contribution in [3.05, 3.63) is 59.1 Å². The van der Waals surface area contributed by atoms with Gasteiger partial charge in [-0.3, -0.25) is 4.79 Å². The van der Waals surface area contributed by atoms with E-state index in [9.17, 15) is 4.79 Å². The highest BCUT2D eigenvalue weighted by Gasteiger charge is 2.17. The van der Waals surface area contributed by atoms with Gasteiger partial charge in [0.05, 0.1) is 18.3 Å². The lowest BCUT2D eigenvalue weighted by atomic mass is 10.1. The summed E-state index contributed by atoms with van der Waals surface area (Å²) in [5.41, 5.74) is 3.76. The van der Waals surface area contributed by atoms with E-state index in [1.54, 1.807) is 36.4 Å². The second-order valence-electron chi connectivity index (χ2n) is 8.54. The molecule has 1 amide bonds. The van der Waals surface area contributed by atoms with Gasteiger partial charge in [0.2, 0.25) is 11.8 Å². The zero-order valence-electron chi connectivity index (χ0n) is 21.1. The molecule has 0 bridgehead atoms. The number of tetrazole rings is 1. The first-order valence-corrected chi connectivity index (χ1v) is 12.6. The fraction of sp³-hybridized carbons (Fsp3) is 0.280. The molecule has 0 atom stereocenters. The molecule has 5 rings (SSSR count). The highest BCUT2D eigenvalue weighted by molar-refractivity contribution is 6.33. The van der Waals surface area contributed by atoms with Crippen molar-refractivity contribution in [2.45, 2.75) is 25.8 Å². The molecule has 14 heteroatoms. The summed E-state index contributed by atoms with van der Waals surface area (Å²) in [6, 6.07) is 14.5. The van der Waals surface area contributed by atoms with Gasteiger partial charge in [0, 0.05) is 18.7 Å². The molecule has 3 heterocycles. The molecule has 0 radical (unpaired) electrons. The Bertz CT molecular complexity index is 1470. The molecule has 4 aromatic rings. The molecule has 0 spiro atoms. The molecule has 2 aromatic heterocycles. The Morgan fingerprint density at radius 2 is 1.90 bits per heavy atom. The molecule has 0 aliphatic carbocycles. The molecule has 200 valence electrons. The number of rotatable bonds is 9. The van der Waals surface area contributed by atoms with E-state index in [-0.39, 0.29) is 18.6 Å². The average Bonchev–Trinajstić information content (AvgIpc) is 3.41. The van der Waals surface area contributed by atoms with E-state index in [1.165, 1.54) is 24.5 Å². The van der Waals surface area contributed by atoms with E-state index < -0.39 is 5.91 Å². The zero-order valence-corrected chi connectivity index (χ0v) is 21.8. The van der Waals surface area contributed by atoms with Crippen LogP contribution in [0.4, 0.5) is 5.95 Å². The number of hydrazone groups is 1. The van der Waals surface area contributed by atoms with Crippen LogP contribution in [0.3, 0.4) is 0 Å². The zero-order chi connectivity index (χ0) is 27.0. The number of hydrogen-bond acceptors (Lipinski definition) is 11. The van der Waals surface area contributed by atoms with Gasteiger partial charge < -0.3 is 14.4 Å². The maximum Gasteiger partial charge on any atom is 0.330 e. The third-order valence-corrected chi connectivity index (χ3v) is 6.06. The van der Waals surface area contributed by atoms with Crippen LogP contribution in [-0.2, 0) is 11.3 Å². The summed E-state index contributed by atoms with van der Waals surface area (Å²) in [7, 11) is 1.50. The van der Waals surface area contributed by atoms with E-state index >= 15 is 0 Å². The van der Waals surface area contributed by atoms with Gasteiger partial charge in [-0.05, 0) is 54.3 Å². The molecule has 1 aliphatic rings. The molecule has 0 saturated carbocycles. The number of carbonyl (C=O) groups excluding carboxylic acids is 1. The number of nitrogens with one attached hydrogen (secondary N) is 1. The van der Waals surface area contributed by atoms with Crippen molar-refractivity contribution < 1.29 is 14.3 Å².